The first-order valence-corrected chi connectivity index (χ1v) is 9.13. The fourth-order valence-corrected chi connectivity index (χ4v) is 2.89. The average Bonchev–Trinajstić information content (AvgIpc) is 2.64. The Morgan fingerprint density at radius 3 is 2.56 bits per heavy atom. The lowest BCUT2D eigenvalue weighted by Gasteiger charge is -2.17. The van der Waals surface area contributed by atoms with Gasteiger partial charge in [0.1, 0.15) is 6.10 Å². The number of aliphatic hydroxyl groups excluding tert-OH is 1. The highest BCUT2D eigenvalue weighted by Gasteiger charge is 2.24. The summed E-state index contributed by atoms with van der Waals surface area (Å²) in [6, 6.07) is 5.76. The number of aliphatic hydroxyl groups is 1. The summed E-state index contributed by atoms with van der Waals surface area (Å²) in [5, 5.41) is 11.7. The summed E-state index contributed by atoms with van der Waals surface area (Å²) < 4.78 is 42.7. The second-order valence-electron chi connectivity index (χ2n) is 5.76. The van der Waals surface area contributed by atoms with Gasteiger partial charge in [-0.25, -0.2) is 18.7 Å². The minimum absolute atomic E-state index is 0.351. The molecule has 2 aromatic carbocycles. The molecule has 0 aliphatic carbocycles. The first-order valence-electron chi connectivity index (χ1n) is 8.06. The van der Waals surface area contributed by atoms with E-state index in [1.807, 2.05) is 5.48 Å². The van der Waals surface area contributed by atoms with Gasteiger partial charge in [-0.3, -0.25) is 9.63 Å². The van der Waals surface area contributed by atoms with Crippen molar-refractivity contribution in [2.24, 2.45) is 0 Å². The van der Waals surface area contributed by atoms with Crippen LogP contribution >= 0.6 is 22.6 Å². The maximum Gasteiger partial charge on any atom is 0.277 e. The summed E-state index contributed by atoms with van der Waals surface area (Å²) >= 11 is 2.10. The minimum Gasteiger partial charge on any atom is -0.394 e. The molecular weight excluding hydrogens is 476 g/mol. The lowest BCUT2D eigenvalue weighted by Crippen LogP contribution is -2.32. The number of carbonyl (C=O) groups excluding carboxylic acids is 1. The maximum absolute atomic E-state index is 14.4. The summed E-state index contributed by atoms with van der Waals surface area (Å²) in [6.07, 6.45) is -0.283. The number of hydrogen-bond donors (Lipinski definition) is 3. The van der Waals surface area contributed by atoms with E-state index in [9.17, 15) is 18.0 Å². The minimum atomic E-state index is -1.69. The SMILES string of the molecule is CCC(CO)ONC(=O)c1cc(F)c(F)c(F)c1Nc1ccc(I)cc1C. The van der Waals surface area contributed by atoms with E-state index in [1.165, 1.54) is 0 Å². The Kier molecular flexibility index (Phi) is 7.45. The first-order chi connectivity index (χ1) is 12.8. The van der Waals surface area contributed by atoms with Crippen LogP contribution in [0.1, 0.15) is 29.3 Å². The topological polar surface area (TPSA) is 70.6 Å². The zero-order valence-electron chi connectivity index (χ0n) is 14.6. The molecule has 5 nitrogen and oxygen atoms in total. The highest BCUT2D eigenvalue weighted by atomic mass is 127. The van der Waals surface area contributed by atoms with Gasteiger partial charge < -0.3 is 10.4 Å². The molecular formula is C18H18F3IN2O3. The molecule has 0 saturated carbocycles. The van der Waals surface area contributed by atoms with Crippen LogP contribution in [0, 0.1) is 27.9 Å². The first kappa shape index (κ1) is 21.5. The normalized spacial score (nSPS) is 12.0. The third-order valence-corrected chi connectivity index (χ3v) is 4.50. The molecule has 146 valence electrons. The number of anilines is 2. The molecule has 3 N–H and O–H groups in total. The molecule has 0 aromatic heterocycles. The van der Waals surface area contributed by atoms with Crippen molar-refractivity contribution in [2.75, 3.05) is 11.9 Å². The van der Waals surface area contributed by atoms with Gasteiger partial charge in [0.05, 0.1) is 17.9 Å². The molecule has 2 aromatic rings. The van der Waals surface area contributed by atoms with E-state index in [0.717, 1.165) is 9.13 Å². The molecule has 1 atom stereocenters. The van der Waals surface area contributed by atoms with Gasteiger partial charge in [0, 0.05) is 9.26 Å². The number of nitrogens with one attached hydrogen (secondary N) is 2. The second kappa shape index (κ2) is 9.38. The molecule has 0 heterocycles. The van der Waals surface area contributed by atoms with Crippen molar-refractivity contribution in [1.29, 1.82) is 0 Å². The Labute approximate surface area is 168 Å². The van der Waals surface area contributed by atoms with Crippen LogP contribution in [-0.2, 0) is 4.84 Å². The fourth-order valence-electron chi connectivity index (χ4n) is 2.24. The number of amides is 1. The maximum atomic E-state index is 14.4. The zero-order chi connectivity index (χ0) is 20.1. The highest BCUT2D eigenvalue weighted by Crippen LogP contribution is 2.30. The van der Waals surface area contributed by atoms with Crippen LogP contribution in [0.25, 0.3) is 0 Å². The number of halogens is 4. The molecule has 0 spiro atoms. The van der Waals surface area contributed by atoms with Crippen molar-refractivity contribution in [3.05, 3.63) is 56.4 Å². The van der Waals surface area contributed by atoms with Gasteiger partial charge in [0.25, 0.3) is 5.91 Å². The van der Waals surface area contributed by atoms with Gasteiger partial charge in [-0.15, -0.1) is 0 Å². The van der Waals surface area contributed by atoms with Gasteiger partial charge in [-0.2, -0.15) is 0 Å². The van der Waals surface area contributed by atoms with Crippen LogP contribution in [0.15, 0.2) is 24.3 Å². The van der Waals surface area contributed by atoms with E-state index in [2.05, 4.69) is 27.9 Å². The van der Waals surface area contributed by atoms with Crippen molar-refractivity contribution in [3.63, 3.8) is 0 Å². The number of carbonyl (C=O) groups is 1. The lowest BCUT2D eigenvalue weighted by atomic mass is 10.1. The molecule has 1 unspecified atom stereocenters. The van der Waals surface area contributed by atoms with E-state index in [0.29, 0.717) is 18.2 Å². The Morgan fingerprint density at radius 2 is 1.96 bits per heavy atom. The van der Waals surface area contributed by atoms with E-state index >= 15 is 0 Å². The largest absolute Gasteiger partial charge is 0.394 e. The molecule has 0 aliphatic heterocycles. The molecule has 9 heteroatoms. The molecule has 1 amide bonds. The molecule has 0 bridgehead atoms. The highest BCUT2D eigenvalue weighted by molar-refractivity contribution is 14.1. The van der Waals surface area contributed by atoms with Crippen LogP contribution in [0.3, 0.4) is 0 Å². The molecule has 0 radical (unpaired) electrons. The van der Waals surface area contributed by atoms with E-state index in [-0.39, 0.29) is 6.61 Å². The summed E-state index contributed by atoms with van der Waals surface area (Å²) in [4.78, 5) is 17.3. The van der Waals surface area contributed by atoms with Gasteiger partial charge >= 0.3 is 0 Å². The fraction of sp³-hybridized carbons (Fsp3) is 0.278. The van der Waals surface area contributed by atoms with Gasteiger partial charge in [0.2, 0.25) is 0 Å². The summed E-state index contributed by atoms with van der Waals surface area (Å²) in [5.41, 5.74) is 2.19. The summed E-state index contributed by atoms with van der Waals surface area (Å²) in [7, 11) is 0. The number of rotatable bonds is 7. The molecule has 0 aliphatic rings. The van der Waals surface area contributed by atoms with Gasteiger partial charge in [-0.1, -0.05) is 6.92 Å². The number of hydroxylamine groups is 1. The van der Waals surface area contributed by atoms with Crippen molar-refractivity contribution >= 4 is 39.9 Å². The van der Waals surface area contributed by atoms with Crippen LogP contribution in [0.4, 0.5) is 24.5 Å². The van der Waals surface area contributed by atoms with E-state index < -0.39 is 40.7 Å². The van der Waals surface area contributed by atoms with Crippen LogP contribution in [0.2, 0.25) is 0 Å². The monoisotopic (exact) mass is 494 g/mol. The lowest BCUT2D eigenvalue weighted by molar-refractivity contribution is -0.0408. The summed E-state index contributed by atoms with van der Waals surface area (Å²) in [6.45, 7) is 3.12. The number of aryl methyl sites for hydroxylation is 1. The summed E-state index contributed by atoms with van der Waals surface area (Å²) in [5.74, 6) is -5.70. The standard InChI is InChI=1S/C18H18F3IN2O3/c1-3-11(8-25)27-24-18(26)12-7-13(19)15(20)16(21)17(12)23-14-5-4-10(22)6-9(14)2/h4-7,11,23,25H,3,8H2,1-2H3,(H,24,26). The van der Waals surface area contributed by atoms with Crippen molar-refractivity contribution in [1.82, 2.24) is 5.48 Å². The molecule has 0 saturated heterocycles. The van der Waals surface area contributed by atoms with Gasteiger partial charge in [-0.05, 0) is 65.8 Å². The van der Waals surface area contributed by atoms with Crippen LogP contribution in [-0.4, -0.2) is 23.7 Å². The zero-order valence-corrected chi connectivity index (χ0v) is 16.7. The predicted octanol–water partition coefficient (Wildman–Crippen LogP) is 4.19. The van der Waals surface area contributed by atoms with E-state index in [1.54, 1.807) is 32.0 Å². The Balaban J connectivity index is 2.40. The molecule has 0 fully saturated rings. The average molecular weight is 494 g/mol. The quantitative estimate of drug-likeness (QED) is 0.307. The molecule has 2 rings (SSSR count). The van der Waals surface area contributed by atoms with E-state index in [4.69, 9.17) is 9.94 Å². The third kappa shape index (κ3) is 5.11. The number of benzene rings is 2. The number of hydrogen-bond acceptors (Lipinski definition) is 4. The second-order valence-corrected chi connectivity index (χ2v) is 7.00. The smallest absolute Gasteiger partial charge is 0.277 e. The van der Waals surface area contributed by atoms with Crippen LogP contribution < -0.4 is 10.8 Å². The van der Waals surface area contributed by atoms with Crippen LogP contribution in [0.5, 0.6) is 0 Å². The Morgan fingerprint density at radius 1 is 1.26 bits per heavy atom. The van der Waals surface area contributed by atoms with Crippen molar-refractivity contribution in [3.8, 4) is 0 Å². The van der Waals surface area contributed by atoms with Crippen molar-refractivity contribution < 1.29 is 27.9 Å². The van der Waals surface area contributed by atoms with Crippen molar-refractivity contribution in [2.45, 2.75) is 26.4 Å². The molecule has 27 heavy (non-hydrogen) atoms. The third-order valence-electron chi connectivity index (χ3n) is 3.83. The Bertz CT molecular complexity index is 845. The Hall–Kier alpha value is -1.85. The predicted molar refractivity (Wildman–Crippen MR) is 103 cm³/mol. The van der Waals surface area contributed by atoms with Gasteiger partial charge in [0.15, 0.2) is 17.5 Å².